The van der Waals surface area contributed by atoms with Gasteiger partial charge in [-0.25, -0.2) is 4.99 Å². The van der Waals surface area contributed by atoms with E-state index in [1.54, 1.807) is 0 Å². The van der Waals surface area contributed by atoms with Crippen LogP contribution in [0.5, 0.6) is 0 Å². The molecule has 0 rings (SSSR count). The topological polar surface area (TPSA) is 24.4 Å². The fraction of sp³-hybridized carbons (Fsp3) is 0.727. The summed E-state index contributed by atoms with van der Waals surface area (Å²) in [6.07, 6.45) is 2.07. The van der Waals surface area contributed by atoms with Crippen LogP contribution in [-0.2, 0) is 0 Å². The normalized spacial score (nSPS) is 14.2. The van der Waals surface area contributed by atoms with Crippen molar-refractivity contribution in [3.05, 3.63) is 11.8 Å². The number of aliphatic imine (C=N–C) groups is 1. The quantitative estimate of drug-likeness (QED) is 0.527. The molecule has 0 radical (unpaired) electrons. The van der Waals surface area contributed by atoms with Gasteiger partial charge in [-0.1, -0.05) is 33.8 Å². The average Bonchev–Trinajstić information content (AvgIpc) is 2.05. The predicted octanol–water partition coefficient (Wildman–Crippen LogP) is 2.82. The molecule has 1 N–H and O–H groups in total. The first-order valence-electron chi connectivity index (χ1n) is 4.95. The largest absolute Gasteiger partial charge is 0.376 e. The van der Waals surface area contributed by atoms with E-state index >= 15 is 0 Å². The molecule has 76 valence electrons. The second-order valence-electron chi connectivity index (χ2n) is 3.77. The summed E-state index contributed by atoms with van der Waals surface area (Å²) < 4.78 is 0. The van der Waals surface area contributed by atoms with Gasteiger partial charge in [-0.2, -0.15) is 0 Å². The maximum Gasteiger partial charge on any atom is 0.104 e. The van der Waals surface area contributed by atoms with E-state index < -0.39 is 0 Å². The predicted molar refractivity (Wildman–Crippen MR) is 59.9 cm³/mol. The minimum Gasteiger partial charge on any atom is -0.376 e. The molecule has 0 bridgehead atoms. The van der Waals surface area contributed by atoms with Crippen molar-refractivity contribution in [3.8, 4) is 0 Å². The number of allylic oxidation sites excluding steroid dienone is 2. The molecule has 0 fully saturated rings. The van der Waals surface area contributed by atoms with Gasteiger partial charge in [0.2, 0.25) is 0 Å². The first kappa shape index (κ1) is 12.2. The Morgan fingerprint density at radius 1 is 1.15 bits per heavy atom. The molecule has 0 spiro atoms. The molecular weight excluding hydrogens is 160 g/mol. The summed E-state index contributed by atoms with van der Waals surface area (Å²) in [5.74, 6) is 2.01. The van der Waals surface area contributed by atoms with Crippen LogP contribution in [0.2, 0.25) is 0 Å². The number of rotatable bonds is 3. The van der Waals surface area contributed by atoms with E-state index in [9.17, 15) is 0 Å². The summed E-state index contributed by atoms with van der Waals surface area (Å²) in [5, 5.41) is 3.13. The van der Waals surface area contributed by atoms with Crippen LogP contribution >= 0.6 is 0 Å². The molecule has 2 nitrogen and oxygen atoms in total. The van der Waals surface area contributed by atoms with Gasteiger partial charge < -0.3 is 5.32 Å². The van der Waals surface area contributed by atoms with Gasteiger partial charge in [0.15, 0.2) is 0 Å². The van der Waals surface area contributed by atoms with E-state index in [1.807, 2.05) is 14.0 Å². The Kier molecular flexibility index (Phi) is 5.44. The molecule has 0 saturated heterocycles. The molecule has 0 aromatic rings. The lowest BCUT2D eigenvalue weighted by atomic mass is 10.1. The van der Waals surface area contributed by atoms with Gasteiger partial charge in [-0.3, -0.25) is 0 Å². The van der Waals surface area contributed by atoms with Gasteiger partial charge in [0, 0.05) is 18.7 Å². The second-order valence-corrected chi connectivity index (χ2v) is 3.77. The Labute approximate surface area is 82.1 Å². The van der Waals surface area contributed by atoms with Crippen LogP contribution < -0.4 is 5.32 Å². The Morgan fingerprint density at radius 3 is 1.92 bits per heavy atom. The van der Waals surface area contributed by atoms with E-state index in [4.69, 9.17) is 0 Å². The molecule has 0 aromatic heterocycles. The van der Waals surface area contributed by atoms with Crippen molar-refractivity contribution in [2.75, 3.05) is 7.05 Å². The Balaban J connectivity index is 4.66. The van der Waals surface area contributed by atoms with Crippen LogP contribution in [0.1, 0.15) is 34.6 Å². The van der Waals surface area contributed by atoms with E-state index in [-0.39, 0.29) is 0 Å². The first-order valence-corrected chi connectivity index (χ1v) is 4.95. The molecule has 0 heterocycles. The summed E-state index contributed by atoms with van der Waals surface area (Å²) in [7, 11) is 1.92. The highest BCUT2D eigenvalue weighted by Crippen LogP contribution is 2.12. The Morgan fingerprint density at radius 2 is 1.69 bits per heavy atom. The number of hydrogen-bond acceptors (Lipinski definition) is 1. The number of nitrogens with one attached hydrogen (secondary N) is 1. The third kappa shape index (κ3) is 4.11. The van der Waals surface area contributed by atoms with Crippen molar-refractivity contribution < 1.29 is 0 Å². The lowest BCUT2D eigenvalue weighted by Crippen LogP contribution is -2.24. The van der Waals surface area contributed by atoms with Crippen molar-refractivity contribution in [2.24, 2.45) is 16.8 Å². The van der Waals surface area contributed by atoms with Gasteiger partial charge in [0.05, 0.1) is 0 Å². The van der Waals surface area contributed by atoms with E-state index in [0.717, 1.165) is 11.5 Å². The molecule has 0 aromatic carbocycles. The fourth-order valence-corrected chi connectivity index (χ4v) is 1.14. The molecule has 13 heavy (non-hydrogen) atoms. The Hall–Kier alpha value is -0.790. The zero-order valence-corrected chi connectivity index (χ0v) is 9.68. The highest BCUT2D eigenvalue weighted by Gasteiger charge is 2.05. The molecule has 0 aliphatic rings. The summed E-state index contributed by atoms with van der Waals surface area (Å²) in [6.45, 7) is 10.6. The maximum atomic E-state index is 4.58. The molecule has 0 aliphatic carbocycles. The van der Waals surface area contributed by atoms with E-state index in [0.29, 0.717) is 11.8 Å². The van der Waals surface area contributed by atoms with Crippen LogP contribution in [-0.4, -0.2) is 12.9 Å². The summed E-state index contributed by atoms with van der Waals surface area (Å²) >= 11 is 0. The lowest BCUT2D eigenvalue weighted by molar-refractivity contribution is 0.742. The second kappa shape index (κ2) is 5.79. The van der Waals surface area contributed by atoms with Gasteiger partial charge in [-0.05, 0) is 12.8 Å². The van der Waals surface area contributed by atoms with Crippen LogP contribution in [0.4, 0.5) is 0 Å². The lowest BCUT2D eigenvalue weighted by Gasteiger charge is -2.12. The highest BCUT2D eigenvalue weighted by atomic mass is 15.0. The Bertz CT molecular complexity index is 200. The third-order valence-electron chi connectivity index (χ3n) is 1.94. The standard InChI is InChI=1S/C11H22N2/c1-7-10(8(2)3)13-11(12-6)9(4)5/h7-9H,1-6H3,(H,12,13)/b10-7-. The maximum absolute atomic E-state index is 4.58. The molecular formula is C11H22N2. The van der Waals surface area contributed by atoms with Crippen molar-refractivity contribution >= 4 is 5.84 Å². The van der Waals surface area contributed by atoms with Crippen molar-refractivity contribution in [2.45, 2.75) is 34.6 Å². The zero-order valence-electron chi connectivity index (χ0n) is 9.68. The third-order valence-corrected chi connectivity index (χ3v) is 1.94. The average molecular weight is 182 g/mol. The molecule has 0 amide bonds. The van der Waals surface area contributed by atoms with Gasteiger partial charge in [0.25, 0.3) is 0 Å². The van der Waals surface area contributed by atoms with Crippen LogP contribution in [0.15, 0.2) is 16.8 Å². The van der Waals surface area contributed by atoms with Crippen molar-refractivity contribution in [1.29, 1.82) is 0 Å². The van der Waals surface area contributed by atoms with Gasteiger partial charge in [0.1, 0.15) is 5.84 Å². The number of nitrogens with zero attached hydrogens (tertiary/aromatic N) is 1. The van der Waals surface area contributed by atoms with Crippen molar-refractivity contribution in [3.63, 3.8) is 0 Å². The molecule has 0 unspecified atom stereocenters. The minimum atomic E-state index is 0.457. The molecule has 0 aliphatic heterocycles. The monoisotopic (exact) mass is 182 g/mol. The summed E-state index contributed by atoms with van der Waals surface area (Å²) in [4.78, 5) is 4.58. The van der Waals surface area contributed by atoms with E-state index in [1.165, 1.54) is 0 Å². The number of hydrogen-bond donors (Lipinski definition) is 1. The zero-order chi connectivity index (χ0) is 10.4. The first-order chi connectivity index (χ1) is 6.02. The van der Waals surface area contributed by atoms with E-state index in [2.05, 4.69) is 44.1 Å². The molecule has 0 saturated carbocycles. The molecule has 0 atom stereocenters. The highest BCUT2D eigenvalue weighted by molar-refractivity contribution is 5.84. The van der Waals surface area contributed by atoms with Crippen LogP contribution in [0.3, 0.4) is 0 Å². The SMILES string of the molecule is C/C=C(\N=C(/NC)C(C)C)C(C)C. The minimum absolute atomic E-state index is 0.457. The van der Waals surface area contributed by atoms with Crippen molar-refractivity contribution in [1.82, 2.24) is 5.32 Å². The van der Waals surface area contributed by atoms with Crippen LogP contribution in [0.25, 0.3) is 0 Å². The van der Waals surface area contributed by atoms with Gasteiger partial charge >= 0.3 is 0 Å². The molecule has 2 heteroatoms. The van der Waals surface area contributed by atoms with Crippen LogP contribution in [0, 0.1) is 11.8 Å². The fourth-order valence-electron chi connectivity index (χ4n) is 1.14. The summed E-state index contributed by atoms with van der Waals surface area (Å²) in [6, 6.07) is 0. The smallest absolute Gasteiger partial charge is 0.104 e. The number of amidine groups is 1. The summed E-state index contributed by atoms with van der Waals surface area (Å²) in [5.41, 5.74) is 1.15. The van der Waals surface area contributed by atoms with Gasteiger partial charge in [-0.15, -0.1) is 0 Å².